The number of hydrogen-bond donors (Lipinski definition) is 4. The van der Waals surface area contributed by atoms with Crippen molar-refractivity contribution in [2.75, 3.05) is 16.8 Å². The van der Waals surface area contributed by atoms with E-state index in [1.165, 1.54) is 13.1 Å². The summed E-state index contributed by atoms with van der Waals surface area (Å²) >= 11 is 0.806. The molecule has 2 heterocycles. The molecule has 0 atom stereocenters. The molecule has 0 fully saturated rings. The number of amides is 1. The summed E-state index contributed by atoms with van der Waals surface area (Å²) in [5.41, 5.74) is 4.88. The minimum absolute atomic E-state index is 0.0170. The lowest BCUT2D eigenvalue weighted by Gasteiger charge is -2.11. The summed E-state index contributed by atoms with van der Waals surface area (Å²) in [5, 5.41) is 55.8. The van der Waals surface area contributed by atoms with Crippen molar-refractivity contribution in [1.29, 1.82) is 10.5 Å². The Kier molecular flexibility index (Phi) is 6.32. The number of phenols is 1. The lowest BCUT2D eigenvalue weighted by Crippen LogP contribution is -2.32. The predicted molar refractivity (Wildman–Crippen MR) is 109 cm³/mol. The van der Waals surface area contributed by atoms with E-state index in [0.717, 1.165) is 28.6 Å². The van der Waals surface area contributed by atoms with E-state index in [4.69, 9.17) is 10.8 Å². The van der Waals surface area contributed by atoms with Crippen molar-refractivity contribution < 1.29 is 34.1 Å². The molecule has 0 bridgehead atoms. The zero-order chi connectivity index (χ0) is 24.3. The number of aromatic hydroxyl groups is 1. The highest BCUT2D eigenvalue weighted by atomic mass is 32.2. The van der Waals surface area contributed by atoms with Crippen LogP contribution in [0.2, 0.25) is 0 Å². The Hall–Kier alpha value is -4.82. The molecule has 1 amide bonds. The molecule has 14 heteroatoms. The summed E-state index contributed by atoms with van der Waals surface area (Å²) in [4.78, 5) is 27.5. The molecule has 33 heavy (non-hydrogen) atoms. The number of pyridine rings is 1. The molecule has 3 rings (SSSR count). The standard InChI is InChI=1S/C19H13N7O6S/c1-26-15(19(31)32-25-26)14-10(5-20)16(22)24-17(11(14)6-21)33-7-13(28)23-8-2-3-12(27)9(4-8)18(29)30/h2-4,25H,7H2,1H3,(H4,22,24,29,30,31). The number of nitrogens with one attached hydrogen (secondary N) is 1. The summed E-state index contributed by atoms with van der Waals surface area (Å²) in [5.74, 6) is -3.86. The van der Waals surface area contributed by atoms with E-state index < -0.39 is 29.1 Å². The van der Waals surface area contributed by atoms with Crippen molar-refractivity contribution in [2.24, 2.45) is 7.05 Å². The van der Waals surface area contributed by atoms with E-state index in [2.05, 4.69) is 20.1 Å². The van der Waals surface area contributed by atoms with Crippen LogP contribution in [0.3, 0.4) is 0 Å². The van der Waals surface area contributed by atoms with Crippen LogP contribution in [-0.4, -0.2) is 38.1 Å². The first-order valence-corrected chi connectivity index (χ1v) is 9.82. The molecule has 2 aromatic heterocycles. The Labute approximate surface area is 189 Å². The highest BCUT2D eigenvalue weighted by Gasteiger charge is 2.29. The Balaban J connectivity index is 1.92. The number of aromatic carboxylic acids is 1. The Morgan fingerprint density at radius 1 is 1.33 bits per heavy atom. The van der Waals surface area contributed by atoms with E-state index in [1.807, 2.05) is 12.1 Å². The molecule has 166 valence electrons. The average Bonchev–Trinajstić information content (AvgIpc) is 3.10. The second kappa shape index (κ2) is 9.13. The monoisotopic (exact) mass is 467 g/mol. The van der Waals surface area contributed by atoms with Crippen LogP contribution in [0.4, 0.5) is 11.5 Å². The van der Waals surface area contributed by atoms with Gasteiger partial charge in [-0.25, -0.2) is 9.78 Å². The van der Waals surface area contributed by atoms with Crippen LogP contribution in [0.25, 0.3) is 11.3 Å². The van der Waals surface area contributed by atoms with Gasteiger partial charge >= 0.3 is 5.97 Å². The molecular formula is C19H13N7O6S. The van der Waals surface area contributed by atoms with Crippen LogP contribution >= 0.6 is 11.8 Å². The number of thioether (sulfide) groups is 1. The van der Waals surface area contributed by atoms with Gasteiger partial charge in [0.15, 0.2) is 13.0 Å². The van der Waals surface area contributed by atoms with Gasteiger partial charge in [0.1, 0.15) is 39.9 Å². The average molecular weight is 467 g/mol. The van der Waals surface area contributed by atoms with Crippen molar-refractivity contribution >= 4 is 35.1 Å². The number of aromatic nitrogens is 3. The van der Waals surface area contributed by atoms with Gasteiger partial charge in [-0.15, -0.1) is 0 Å². The number of nitriles is 2. The minimum atomic E-state index is -1.37. The summed E-state index contributed by atoms with van der Waals surface area (Å²) < 4.78 is 5.62. The van der Waals surface area contributed by atoms with Gasteiger partial charge in [-0.2, -0.15) is 10.5 Å². The number of carbonyl (C=O) groups is 2. The van der Waals surface area contributed by atoms with Crippen LogP contribution in [0, 0.1) is 22.7 Å². The molecule has 0 unspecified atom stereocenters. The van der Waals surface area contributed by atoms with E-state index >= 15 is 0 Å². The number of rotatable bonds is 6. The summed E-state index contributed by atoms with van der Waals surface area (Å²) in [6.45, 7) is 0. The molecular weight excluding hydrogens is 454 g/mol. The number of benzene rings is 1. The Morgan fingerprint density at radius 2 is 2.03 bits per heavy atom. The number of nitrogens with two attached hydrogens (primary N) is 1. The number of hydrogen-bond acceptors (Lipinski definition) is 11. The maximum Gasteiger partial charge on any atom is 0.339 e. The van der Waals surface area contributed by atoms with Crippen LogP contribution in [0.1, 0.15) is 21.5 Å². The number of carboxylic acids is 1. The molecule has 5 N–H and O–H groups in total. The Bertz CT molecular complexity index is 1350. The molecule has 13 nitrogen and oxygen atoms in total. The minimum Gasteiger partial charge on any atom is -0.539 e. The second-order valence-corrected chi connectivity index (χ2v) is 7.32. The first kappa shape index (κ1) is 22.9. The van der Waals surface area contributed by atoms with Crippen LogP contribution in [0.15, 0.2) is 27.7 Å². The van der Waals surface area contributed by atoms with Crippen LogP contribution < -0.4 is 20.8 Å². The third-order valence-corrected chi connectivity index (χ3v) is 5.24. The smallest absolute Gasteiger partial charge is 0.339 e. The molecule has 0 radical (unpaired) electrons. The molecule has 0 saturated heterocycles. The second-order valence-electron chi connectivity index (χ2n) is 6.36. The fraction of sp³-hybridized carbons (Fsp3) is 0.105. The highest BCUT2D eigenvalue weighted by molar-refractivity contribution is 8.00. The van der Waals surface area contributed by atoms with E-state index in [1.54, 1.807) is 0 Å². The van der Waals surface area contributed by atoms with Crippen molar-refractivity contribution in [3.8, 4) is 35.1 Å². The SMILES string of the molecule is C[n+]1noc([O-])c1-c1c(C#N)c(N)nc(SCC(=O)Nc2ccc(O)c(C(=O)O)c2)c1C#N. The molecule has 0 saturated carbocycles. The molecule has 0 aliphatic rings. The van der Waals surface area contributed by atoms with Crippen LogP contribution in [0.5, 0.6) is 11.7 Å². The van der Waals surface area contributed by atoms with Gasteiger partial charge in [0, 0.05) is 5.69 Å². The van der Waals surface area contributed by atoms with Gasteiger partial charge in [-0.3, -0.25) is 4.79 Å². The van der Waals surface area contributed by atoms with Gasteiger partial charge in [-0.05, 0) is 18.2 Å². The fourth-order valence-corrected chi connectivity index (χ4v) is 3.63. The van der Waals surface area contributed by atoms with Crippen LogP contribution in [-0.2, 0) is 11.8 Å². The van der Waals surface area contributed by atoms with Crippen molar-refractivity contribution in [3.05, 3.63) is 34.9 Å². The number of nitrogens with zero attached hydrogens (tertiary/aromatic N) is 5. The topological polar surface area (TPSA) is 226 Å². The number of aryl methyl sites for hydroxylation is 1. The quantitative estimate of drug-likeness (QED) is 0.215. The first-order valence-electron chi connectivity index (χ1n) is 8.83. The van der Waals surface area contributed by atoms with Gasteiger partial charge in [0.2, 0.25) is 5.91 Å². The maximum atomic E-state index is 12.4. The maximum absolute atomic E-state index is 12.4. The molecule has 0 aliphatic heterocycles. The number of carbonyl (C=O) groups excluding carboxylic acids is 1. The van der Waals surface area contributed by atoms with Gasteiger partial charge in [-0.1, -0.05) is 16.4 Å². The molecule has 0 spiro atoms. The molecule has 1 aromatic carbocycles. The predicted octanol–water partition coefficient (Wildman–Crippen LogP) is 0.0949. The lowest BCUT2D eigenvalue weighted by atomic mass is 10.0. The van der Waals surface area contributed by atoms with Gasteiger partial charge < -0.3 is 30.9 Å². The third-order valence-electron chi connectivity index (χ3n) is 4.27. The normalized spacial score (nSPS) is 10.3. The third kappa shape index (κ3) is 4.46. The number of carboxylic acid groups (broad SMARTS) is 1. The van der Waals surface area contributed by atoms with Gasteiger partial charge in [0.05, 0.1) is 22.2 Å². The zero-order valence-electron chi connectivity index (χ0n) is 16.7. The number of anilines is 2. The largest absolute Gasteiger partial charge is 0.539 e. The first-order chi connectivity index (χ1) is 15.7. The summed E-state index contributed by atoms with van der Waals surface area (Å²) in [7, 11) is 1.38. The lowest BCUT2D eigenvalue weighted by molar-refractivity contribution is -0.730. The summed E-state index contributed by atoms with van der Waals surface area (Å²) in [6, 6.07) is 7.19. The number of nitrogen functional groups attached to an aromatic ring is 1. The zero-order valence-corrected chi connectivity index (χ0v) is 17.5. The van der Waals surface area contributed by atoms with Gasteiger partial charge in [0.25, 0.3) is 5.69 Å². The summed E-state index contributed by atoms with van der Waals surface area (Å²) in [6.07, 6.45) is 0. The molecule has 0 aliphatic carbocycles. The van der Waals surface area contributed by atoms with Crippen molar-refractivity contribution in [1.82, 2.24) is 10.3 Å². The fourth-order valence-electron chi connectivity index (χ4n) is 2.83. The van der Waals surface area contributed by atoms with E-state index in [9.17, 15) is 30.3 Å². The highest BCUT2D eigenvalue weighted by Crippen LogP contribution is 2.36. The van der Waals surface area contributed by atoms with E-state index in [-0.39, 0.29) is 44.7 Å². The van der Waals surface area contributed by atoms with E-state index in [0.29, 0.717) is 0 Å². The van der Waals surface area contributed by atoms with Crippen molar-refractivity contribution in [3.63, 3.8) is 0 Å². The Morgan fingerprint density at radius 3 is 2.61 bits per heavy atom. The molecule has 3 aromatic rings. The van der Waals surface area contributed by atoms with Crippen molar-refractivity contribution in [2.45, 2.75) is 5.03 Å².